The van der Waals surface area contributed by atoms with Crippen LogP contribution in [0.2, 0.25) is 0 Å². The molecule has 2 aromatic heterocycles. The maximum atomic E-state index is 11.5. The second-order valence-corrected chi connectivity index (χ2v) is 5.70. The Morgan fingerprint density at radius 3 is 3.09 bits per heavy atom. The van der Waals surface area contributed by atoms with E-state index in [1.807, 2.05) is 12.3 Å². The van der Waals surface area contributed by atoms with Crippen LogP contribution in [-0.4, -0.2) is 38.9 Å². The molecule has 0 aliphatic carbocycles. The molecule has 22 heavy (non-hydrogen) atoms. The number of nitrogens with zero attached hydrogens (tertiary/aromatic N) is 4. The van der Waals surface area contributed by atoms with E-state index in [4.69, 9.17) is 0 Å². The fraction of sp³-hybridized carbons (Fsp3) is 0.533. The van der Waals surface area contributed by atoms with Crippen LogP contribution in [0.5, 0.6) is 0 Å². The van der Waals surface area contributed by atoms with E-state index in [-0.39, 0.29) is 5.56 Å². The fourth-order valence-corrected chi connectivity index (χ4v) is 2.91. The summed E-state index contributed by atoms with van der Waals surface area (Å²) in [5.41, 5.74) is 1.01. The zero-order valence-electron chi connectivity index (χ0n) is 12.8. The van der Waals surface area contributed by atoms with Crippen molar-refractivity contribution in [2.24, 2.45) is 7.05 Å². The number of aryl methyl sites for hydroxylation is 1. The maximum Gasteiger partial charge on any atom is 0.266 e. The van der Waals surface area contributed by atoms with E-state index in [0.717, 1.165) is 37.6 Å². The van der Waals surface area contributed by atoms with Crippen LogP contribution in [0.3, 0.4) is 0 Å². The second kappa shape index (κ2) is 6.74. The predicted molar refractivity (Wildman–Crippen MR) is 84.8 cm³/mol. The number of aromatic amines is 1. The molecule has 0 amide bonds. The molecule has 0 bridgehead atoms. The molecule has 7 nitrogen and oxygen atoms in total. The highest BCUT2D eigenvalue weighted by atomic mass is 16.1. The standard InChI is InChI=1S/C15H22N6O/c1-20-15(22)6-5-14(19-20)21-7-3-2-4-13(21)10-16-8-12-9-17-11-18-12/h5-6,9,11,13,16H,2-4,7-8,10H2,1H3,(H,17,18). The van der Waals surface area contributed by atoms with Crippen LogP contribution < -0.4 is 15.8 Å². The Morgan fingerprint density at radius 2 is 2.32 bits per heavy atom. The number of imidazole rings is 1. The second-order valence-electron chi connectivity index (χ2n) is 5.70. The number of nitrogens with one attached hydrogen (secondary N) is 2. The van der Waals surface area contributed by atoms with Crippen molar-refractivity contribution < 1.29 is 0 Å². The van der Waals surface area contributed by atoms with E-state index in [0.29, 0.717) is 6.04 Å². The van der Waals surface area contributed by atoms with Gasteiger partial charge in [-0.25, -0.2) is 9.67 Å². The third-order valence-corrected chi connectivity index (χ3v) is 4.12. The van der Waals surface area contributed by atoms with Gasteiger partial charge in [0.25, 0.3) is 5.56 Å². The quantitative estimate of drug-likeness (QED) is 0.848. The summed E-state index contributed by atoms with van der Waals surface area (Å²) >= 11 is 0. The van der Waals surface area contributed by atoms with Crippen LogP contribution in [-0.2, 0) is 13.6 Å². The van der Waals surface area contributed by atoms with E-state index in [1.165, 1.54) is 17.5 Å². The lowest BCUT2D eigenvalue weighted by Crippen LogP contribution is -2.46. The number of hydrogen-bond donors (Lipinski definition) is 2. The van der Waals surface area contributed by atoms with Crippen molar-refractivity contribution in [1.82, 2.24) is 25.1 Å². The monoisotopic (exact) mass is 302 g/mol. The maximum absolute atomic E-state index is 11.5. The van der Waals surface area contributed by atoms with E-state index >= 15 is 0 Å². The van der Waals surface area contributed by atoms with Gasteiger partial charge in [-0.15, -0.1) is 0 Å². The largest absolute Gasteiger partial charge is 0.351 e. The minimum Gasteiger partial charge on any atom is -0.351 e. The molecule has 7 heteroatoms. The molecule has 1 unspecified atom stereocenters. The molecule has 0 radical (unpaired) electrons. The summed E-state index contributed by atoms with van der Waals surface area (Å²) in [5, 5.41) is 7.86. The highest BCUT2D eigenvalue weighted by molar-refractivity contribution is 5.38. The van der Waals surface area contributed by atoms with Crippen LogP contribution in [0.15, 0.2) is 29.5 Å². The normalized spacial score (nSPS) is 18.6. The topological polar surface area (TPSA) is 78.8 Å². The highest BCUT2D eigenvalue weighted by Crippen LogP contribution is 2.21. The van der Waals surface area contributed by atoms with Gasteiger partial charge in [-0.05, 0) is 25.3 Å². The SMILES string of the molecule is Cn1nc(N2CCCCC2CNCc2cnc[nH]2)ccc1=O. The third kappa shape index (κ3) is 3.36. The summed E-state index contributed by atoms with van der Waals surface area (Å²) in [4.78, 5) is 20.9. The highest BCUT2D eigenvalue weighted by Gasteiger charge is 2.23. The van der Waals surface area contributed by atoms with Crippen molar-refractivity contribution in [2.45, 2.75) is 31.8 Å². The van der Waals surface area contributed by atoms with Crippen molar-refractivity contribution in [3.05, 3.63) is 40.7 Å². The van der Waals surface area contributed by atoms with E-state index in [2.05, 4.69) is 25.3 Å². The van der Waals surface area contributed by atoms with Crippen molar-refractivity contribution >= 4 is 5.82 Å². The van der Waals surface area contributed by atoms with E-state index in [1.54, 1.807) is 19.4 Å². The average Bonchev–Trinajstić information content (AvgIpc) is 3.04. The van der Waals surface area contributed by atoms with Gasteiger partial charge in [0.1, 0.15) is 5.82 Å². The number of piperidine rings is 1. The van der Waals surface area contributed by atoms with Gasteiger partial charge in [-0.2, -0.15) is 5.10 Å². The molecule has 118 valence electrons. The summed E-state index contributed by atoms with van der Waals surface area (Å²) in [5.74, 6) is 0.884. The molecule has 0 saturated carbocycles. The van der Waals surface area contributed by atoms with Crippen molar-refractivity contribution in [3.8, 4) is 0 Å². The smallest absolute Gasteiger partial charge is 0.266 e. The summed E-state index contributed by atoms with van der Waals surface area (Å²) in [6.45, 7) is 2.66. The van der Waals surface area contributed by atoms with Crippen LogP contribution in [0, 0.1) is 0 Å². The van der Waals surface area contributed by atoms with Gasteiger partial charge >= 0.3 is 0 Å². The van der Waals surface area contributed by atoms with Crippen molar-refractivity contribution in [2.75, 3.05) is 18.0 Å². The lowest BCUT2D eigenvalue weighted by atomic mass is 10.0. The Morgan fingerprint density at radius 1 is 1.41 bits per heavy atom. The molecule has 2 aromatic rings. The molecule has 2 N–H and O–H groups in total. The van der Waals surface area contributed by atoms with Gasteiger partial charge in [0.05, 0.1) is 6.33 Å². The molecule has 1 aliphatic rings. The first-order valence-corrected chi connectivity index (χ1v) is 7.73. The van der Waals surface area contributed by atoms with E-state index < -0.39 is 0 Å². The Balaban J connectivity index is 1.65. The van der Waals surface area contributed by atoms with Gasteiger partial charge in [0.2, 0.25) is 0 Å². The Hall–Kier alpha value is -2.15. The number of rotatable bonds is 5. The number of aromatic nitrogens is 4. The number of H-pyrrole nitrogens is 1. The molecule has 1 atom stereocenters. The van der Waals surface area contributed by atoms with Crippen LogP contribution in [0.1, 0.15) is 25.0 Å². The zero-order chi connectivity index (χ0) is 15.4. The van der Waals surface area contributed by atoms with Crippen molar-refractivity contribution in [1.29, 1.82) is 0 Å². The van der Waals surface area contributed by atoms with Crippen LogP contribution in [0.25, 0.3) is 0 Å². The zero-order valence-corrected chi connectivity index (χ0v) is 12.8. The fourth-order valence-electron chi connectivity index (χ4n) is 2.91. The van der Waals surface area contributed by atoms with Gasteiger partial charge in [0, 0.05) is 50.7 Å². The molecular weight excluding hydrogens is 280 g/mol. The minimum absolute atomic E-state index is 0.0744. The average molecular weight is 302 g/mol. The molecule has 1 saturated heterocycles. The summed E-state index contributed by atoms with van der Waals surface area (Å²) in [6.07, 6.45) is 7.07. The Labute approximate surface area is 129 Å². The van der Waals surface area contributed by atoms with Gasteiger partial charge in [-0.3, -0.25) is 4.79 Å². The predicted octanol–water partition coefficient (Wildman–Crippen LogP) is 0.652. The minimum atomic E-state index is -0.0744. The van der Waals surface area contributed by atoms with E-state index in [9.17, 15) is 4.79 Å². The first-order valence-electron chi connectivity index (χ1n) is 7.73. The summed E-state index contributed by atoms with van der Waals surface area (Å²) in [6, 6.07) is 3.82. The Bertz CT molecular complexity index is 650. The lowest BCUT2D eigenvalue weighted by Gasteiger charge is -2.36. The number of hydrogen-bond acceptors (Lipinski definition) is 5. The number of anilines is 1. The van der Waals surface area contributed by atoms with Crippen LogP contribution >= 0.6 is 0 Å². The van der Waals surface area contributed by atoms with Crippen molar-refractivity contribution in [3.63, 3.8) is 0 Å². The summed E-state index contributed by atoms with van der Waals surface area (Å²) < 4.78 is 1.40. The third-order valence-electron chi connectivity index (χ3n) is 4.12. The molecular formula is C15H22N6O. The molecule has 0 spiro atoms. The molecule has 0 aromatic carbocycles. The molecule has 1 aliphatic heterocycles. The first-order chi connectivity index (χ1) is 10.7. The molecule has 1 fully saturated rings. The van der Waals surface area contributed by atoms with Gasteiger partial charge in [0.15, 0.2) is 0 Å². The lowest BCUT2D eigenvalue weighted by molar-refractivity contribution is 0.428. The van der Waals surface area contributed by atoms with Crippen LogP contribution in [0.4, 0.5) is 5.82 Å². The molecule has 3 rings (SSSR count). The molecule has 3 heterocycles. The Kier molecular flexibility index (Phi) is 4.53. The van der Waals surface area contributed by atoms with Gasteiger partial charge < -0.3 is 15.2 Å². The summed E-state index contributed by atoms with van der Waals surface area (Å²) in [7, 11) is 1.70. The van der Waals surface area contributed by atoms with Gasteiger partial charge in [-0.1, -0.05) is 0 Å². The first kappa shape index (κ1) is 14.8.